The summed E-state index contributed by atoms with van der Waals surface area (Å²) in [5.41, 5.74) is 7.73. The Morgan fingerprint density at radius 3 is 2.41 bits per heavy atom. The van der Waals surface area contributed by atoms with Crippen molar-refractivity contribution < 1.29 is 4.90 Å². The minimum Gasteiger partial charge on any atom is -0.330 e. The highest BCUT2D eigenvalue weighted by Gasteiger charge is 2.45. The molecule has 1 aromatic heterocycles. The summed E-state index contributed by atoms with van der Waals surface area (Å²) in [7, 11) is 0. The van der Waals surface area contributed by atoms with E-state index in [9.17, 15) is 0 Å². The number of nitrogens with one attached hydrogen (secondary N) is 1. The summed E-state index contributed by atoms with van der Waals surface area (Å²) in [5, 5.41) is 8.85. The highest BCUT2D eigenvalue weighted by molar-refractivity contribution is 5.18. The van der Waals surface area contributed by atoms with Crippen molar-refractivity contribution in [2.24, 2.45) is 5.73 Å². The molecule has 3 heterocycles. The van der Waals surface area contributed by atoms with Crippen LogP contribution in [-0.4, -0.2) is 33.4 Å². The van der Waals surface area contributed by atoms with Gasteiger partial charge in [0.15, 0.2) is 0 Å². The molecule has 5 heteroatoms. The van der Waals surface area contributed by atoms with Gasteiger partial charge in [-0.25, -0.2) is 0 Å². The first-order valence-corrected chi connectivity index (χ1v) is 10.6. The quantitative estimate of drug-likeness (QED) is 0.824. The molecule has 5 atom stereocenters. The normalized spacial score (nSPS) is 28.6. The van der Waals surface area contributed by atoms with Crippen molar-refractivity contribution in [2.75, 3.05) is 6.54 Å². The average molecular weight is 369 g/mol. The zero-order valence-corrected chi connectivity index (χ0v) is 16.9. The van der Waals surface area contributed by atoms with Crippen LogP contribution >= 0.6 is 0 Å². The standard InChI is InChI=1S/C22H33N5/c1-15(2)22-25-24-16(3)27(22)20-13-18-9-10-19(14-20)26(18)12-11-21(23)17-7-5-4-6-8-17/h4-8,15,18-21H,9-14,23H2,1-3H3/p+1/t18-,19+,20?,21-/m0/s1. The topological polar surface area (TPSA) is 61.2 Å². The molecule has 0 amide bonds. The van der Waals surface area contributed by atoms with Gasteiger partial charge in [0.25, 0.3) is 0 Å². The van der Waals surface area contributed by atoms with Crippen LogP contribution in [0.4, 0.5) is 0 Å². The number of hydrogen-bond donors (Lipinski definition) is 2. The van der Waals surface area contributed by atoms with Gasteiger partial charge in [0.1, 0.15) is 11.6 Å². The molecule has 2 aromatic rings. The van der Waals surface area contributed by atoms with Gasteiger partial charge >= 0.3 is 0 Å². The molecule has 0 aliphatic carbocycles. The number of hydrogen-bond acceptors (Lipinski definition) is 3. The van der Waals surface area contributed by atoms with E-state index in [0.717, 1.165) is 30.2 Å². The second kappa shape index (κ2) is 7.72. The Bertz CT molecular complexity index is 739. The van der Waals surface area contributed by atoms with Gasteiger partial charge in [0.2, 0.25) is 0 Å². The SMILES string of the molecule is Cc1nnc(C(C)C)n1C1C[C@H]2CC[C@@H](C1)[NH+]2CC[C@H](N)c1ccccc1. The van der Waals surface area contributed by atoms with Crippen molar-refractivity contribution in [1.29, 1.82) is 0 Å². The number of aromatic nitrogens is 3. The van der Waals surface area contributed by atoms with Crippen molar-refractivity contribution in [1.82, 2.24) is 14.8 Å². The number of piperidine rings is 1. The Balaban J connectivity index is 1.42. The third-order valence-corrected chi connectivity index (χ3v) is 6.77. The monoisotopic (exact) mass is 368 g/mol. The van der Waals surface area contributed by atoms with Gasteiger partial charge in [0.05, 0.1) is 18.6 Å². The number of rotatable bonds is 6. The molecule has 2 bridgehead atoms. The van der Waals surface area contributed by atoms with Gasteiger partial charge in [-0.1, -0.05) is 44.2 Å². The fourth-order valence-electron chi connectivity index (χ4n) is 5.44. The van der Waals surface area contributed by atoms with Crippen molar-refractivity contribution in [3.8, 4) is 0 Å². The molecular formula is C22H34N5+. The van der Waals surface area contributed by atoms with E-state index in [0.29, 0.717) is 12.0 Å². The van der Waals surface area contributed by atoms with Crippen molar-refractivity contribution in [3.63, 3.8) is 0 Å². The minimum absolute atomic E-state index is 0.156. The Labute approximate surface area is 163 Å². The zero-order valence-electron chi connectivity index (χ0n) is 16.9. The fraction of sp³-hybridized carbons (Fsp3) is 0.636. The minimum atomic E-state index is 0.156. The molecule has 4 rings (SSSR count). The van der Waals surface area contributed by atoms with Gasteiger partial charge in [-0.2, -0.15) is 0 Å². The Kier molecular flexibility index (Phi) is 5.33. The van der Waals surface area contributed by atoms with E-state index in [4.69, 9.17) is 5.73 Å². The first kappa shape index (κ1) is 18.6. The van der Waals surface area contributed by atoms with Crippen LogP contribution in [0.15, 0.2) is 30.3 Å². The van der Waals surface area contributed by atoms with E-state index >= 15 is 0 Å². The number of fused-ring (bicyclic) bond motifs is 2. The Hall–Kier alpha value is -1.72. The lowest BCUT2D eigenvalue weighted by molar-refractivity contribution is -0.942. The van der Waals surface area contributed by atoms with E-state index in [-0.39, 0.29) is 6.04 Å². The predicted molar refractivity (Wildman–Crippen MR) is 108 cm³/mol. The predicted octanol–water partition coefficient (Wildman–Crippen LogP) is 2.55. The lowest BCUT2D eigenvalue weighted by Crippen LogP contribution is -3.18. The summed E-state index contributed by atoms with van der Waals surface area (Å²) in [6, 6.07) is 12.8. The maximum atomic E-state index is 6.47. The molecule has 146 valence electrons. The molecule has 2 fully saturated rings. The van der Waals surface area contributed by atoms with Crippen molar-refractivity contribution in [3.05, 3.63) is 47.5 Å². The Morgan fingerprint density at radius 1 is 1.11 bits per heavy atom. The molecule has 2 unspecified atom stereocenters. The van der Waals surface area contributed by atoms with Crippen molar-refractivity contribution >= 4 is 0 Å². The second-order valence-corrected chi connectivity index (χ2v) is 8.86. The lowest BCUT2D eigenvalue weighted by Gasteiger charge is -2.38. The van der Waals surface area contributed by atoms with Crippen LogP contribution in [0.5, 0.6) is 0 Å². The highest BCUT2D eigenvalue weighted by atomic mass is 15.3. The van der Waals surface area contributed by atoms with Crippen LogP contribution in [0.3, 0.4) is 0 Å². The van der Waals surface area contributed by atoms with Gasteiger partial charge in [-0.15, -0.1) is 10.2 Å². The molecule has 1 aromatic carbocycles. The van der Waals surface area contributed by atoms with Crippen LogP contribution in [-0.2, 0) is 0 Å². The number of quaternary nitrogens is 1. The van der Waals surface area contributed by atoms with Crippen LogP contribution < -0.4 is 10.6 Å². The van der Waals surface area contributed by atoms with Crippen LogP contribution in [0.2, 0.25) is 0 Å². The van der Waals surface area contributed by atoms with Crippen LogP contribution in [0.25, 0.3) is 0 Å². The first-order valence-electron chi connectivity index (χ1n) is 10.6. The number of nitrogens with two attached hydrogens (primary N) is 1. The third-order valence-electron chi connectivity index (χ3n) is 6.77. The summed E-state index contributed by atoms with van der Waals surface area (Å²) in [5.74, 6) is 2.67. The zero-order chi connectivity index (χ0) is 19.0. The van der Waals surface area contributed by atoms with Gasteiger partial charge in [-0.3, -0.25) is 0 Å². The summed E-state index contributed by atoms with van der Waals surface area (Å²) < 4.78 is 2.45. The molecule has 2 saturated heterocycles. The van der Waals surface area contributed by atoms with E-state index in [2.05, 4.69) is 65.9 Å². The summed E-state index contributed by atoms with van der Waals surface area (Å²) >= 11 is 0. The largest absolute Gasteiger partial charge is 0.330 e. The molecular weight excluding hydrogens is 334 g/mol. The van der Waals surface area contributed by atoms with E-state index in [1.165, 1.54) is 37.8 Å². The highest BCUT2D eigenvalue weighted by Crippen LogP contribution is 2.33. The maximum absolute atomic E-state index is 6.47. The summed E-state index contributed by atoms with van der Waals surface area (Å²) in [6.45, 7) is 7.75. The Morgan fingerprint density at radius 2 is 1.78 bits per heavy atom. The van der Waals surface area contributed by atoms with E-state index in [1.807, 2.05) is 0 Å². The molecule has 2 aliphatic rings. The molecule has 0 saturated carbocycles. The molecule has 5 nitrogen and oxygen atoms in total. The molecule has 3 N–H and O–H groups in total. The first-order chi connectivity index (χ1) is 13.0. The van der Waals surface area contributed by atoms with Gasteiger partial charge in [0, 0.05) is 50.1 Å². The van der Waals surface area contributed by atoms with E-state index < -0.39 is 0 Å². The molecule has 0 spiro atoms. The smallest absolute Gasteiger partial charge is 0.135 e. The fourth-order valence-corrected chi connectivity index (χ4v) is 5.44. The molecule has 2 aliphatic heterocycles. The number of benzene rings is 1. The van der Waals surface area contributed by atoms with Crippen LogP contribution in [0.1, 0.15) is 81.2 Å². The average Bonchev–Trinajstić information content (AvgIpc) is 3.16. The van der Waals surface area contributed by atoms with E-state index in [1.54, 1.807) is 4.90 Å². The number of nitrogens with zero attached hydrogens (tertiary/aromatic N) is 3. The van der Waals surface area contributed by atoms with Crippen molar-refractivity contribution in [2.45, 2.75) is 83.0 Å². The lowest BCUT2D eigenvalue weighted by atomic mass is 9.95. The summed E-state index contributed by atoms with van der Waals surface area (Å²) in [6.07, 6.45) is 6.29. The second-order valence-electron chi connectivity index (χ2n) is 8.86. The number of aryl methyl sites for hydroxylation is 1. The van der Waals surface area contributed by atoms with Crippen LogP contribution in [0, 0.1) is 6.92 Å². The molecule has 27 heavy (non-hydrogen) atoms. The summed E-state index contributed by atoms with van der Waals surface area (Å²) in [4.78, 5) is 1.80. The van der Waals surface area contributed by atoms with Gasteiger partial charge in [-0.05, 0) is 12.5 Å². The maximum Gasteiger partial charge on any atom is 0.135 e. The molecule has 0 radical (unpaired) electrons. The van der Waals surface area contributed by atoms with Gasteiger partial charge < -0.3 is 15.2 Å². The third kappa shape index (κ3) is 3.67.